The number of aromatic nitrogens is 1. The lowest BCUT2D eigenvalue weighted by Gasteiger charge is -2.07. The van der Waals surface area contributed by atoms with Crippen LogP contribution in [0.1, 0.15) is 16.8 Å². The molecule has 0 unspecified atom stereocenters. The van der Waals surface area contributed by atoms with Gasteiger partial charge in [0, 0.05) is 21.1 Å². The van der Waals surface area contributed by atoms with Gasteiger partial charge in [-0.05, 0) is 59.6 Å². The standard InChI is InChI=1S/C18H17BrN2O/c1-11-7-8-16-14(9-11)13(12(2)20-16)10-18(22)21-17-6-4-3-5-15(17)19/h3-9,20H,10H2,1-2H3,(H,21,22). The number of rotatable bonds is 3. The number of H-pyrrole nitrogens is 1. The van der Waals surface area contributed by atoms with Crippen molar-refractivity contribution in [3.8, 4) is 0 Å². The van der Waals surface area contributed by atoms with E-state index in [0.29, 0.717) is 6.42 Å². The molecule has 3 nitrogen and oxygen atoms in total. The molecule has 0 fully saturated rings. The molecule has 1 amide bonds. The summed E-state index contributed by atoms with van der Waals surface area (Å²) < 4.78 is 0.884. The number of fused-ring (bicyclic) bond motifs is 1. The Kier molecular flexibility index (Phi) is 4.03. The normalized spacial score (nSPS) is 10.9. The first-order valence-corrected chi connectivity index (χ1v) is 7.96. The maximum atomic E-state index is 12.4. The number of aromatic amines is 1. The smallest absolute Gasteiger partial charge is 0.228 e. The van der Waals surface area contributed by atoms with Gasteiger partial charge in [-0.3, -0.25) is 4.79 Å². The molecule has 0 aliphatic heterocycles. The van der Waals surface area contributed by atoms with Gasteiger partial charge in [0.25, 0.3) is 0 Å². The van der Waals surface area contributed by atoms with Gasteiger partial charge in [0.1, 0.15) is 0 Å². The maximum Gasteiger partial charge on any atom is 0.228 e. The van der Waals surface area contributed by atoms with Crippen molar-refractivity contribution < 1.29 is 4.79 Å². The third-order valence-corrected chi connectivity index (χ3v) is 4.45. The van der Waals surface area contributed by atoms with E-state index in [4.69, 9.17) is 0 Å². The monoisotopic (exact) mass is 356 g/mol. The van der Waals surface area contributed by atoms with Gasteiger partial charge in [0.05, 0.1) is 12.1 Å². The first kappa shape index (κ1) is 14.9. The fourth-order valence-corrected chi connectivity index (χ4v) is 3.03. The van der Waals surface area contributed by atoms with Crippen LogP contribution in [0.3, 0.4) is 0 Å². The maximum absolute atomic E-state index is 12.4. The summed E-state index contributed by atoms with van der Waals surface area (Å²) in [5, 5.41) is 4.08. The second-order valence-electron chi connectivity index (χ2n) is 5.48. The van der Waals surface area contributed by atoms with E-state index in [-0.39, 0.29) is 5.91 Å². The van der Waals surface area contributed by atoms with E-state index in [1.807, 2.05) is 31.2 Å². The van der Waals surface area contributed by atoms with E-state index >= 15 is 0 Å². The van der Waals surface area contributed by atoms with Gasteiger partial charge in [0.15, 0.2) is 0 Å². The third-order valence-electron chi connectivity index (χ3n) is 3.76. The van der Waals surface area contributed by atoms with E-state index in [9.17, 15) is 4.79 Å². The second-order valence-corrected chi connectivity index (χ2v) is 6.34. The van der Waals surface area contributed by atoms with Crippen molar-refractivity contribution in [2.45, 2.75) is 20.3 Å². The molecule has 0 radical (unpaired) electrons. The number of hydrogen-bond donors (Lipinski definition) is 2. The summed E-state index contributed by atoms with van der Waals surface area (Å²) in [6.07, 6.45) is 0.358. The predicted octanol–water partition coefficient (Wildman–Crippen LogP) is 4.73. The van der Waals surface area contributed by atoms with Crippen molar-refractivity contribution in [3.05, 3.63) is 63.8 Å². The molecule has 3 aromatic rings. The highest BCUT2D eigenvalue weighted by Crippen LogP contribution is 2.25. The predicted molar refractivity (Wildman–Crippen MR) is 94.2 cm³/mol. The van der Waals surface area contributed by atoms with Crippen LogP contribution in [0.5, 0.6) is 0 Å². The lowest BCUT2D eigenvalue weighted by molar-refractivity contribution is -0.115. The van der Waals surface area contributed by atoms with Crippen LogP contribution in [0, 0.1) is 13.8 Å². The molecule has 4 heteroatoms. The number of amides is 1. The number of carbonyl (C=O) groups is 1. The molecule has 0 saturated carbocycles. The second kappa shape index (κ2) is 5.97. The molecule has 112 valence electrons. The van der Waals surface area contributed by atoms with Crippen LogP contribution in [0.4, 0.5) is 5.69 Å². The lowest BCUT2D eigenvalue weighted by atomic mass is 10.1. The van der Waals surface area contributed by atoms with Crippen LogP contribution < -0.4 is 5.32 Å². The van der Waals surface area contributed by atoms with Crippen molar-refractivity contribution in [3.63, 3.8) is 0 Å². The fourth-order valence-electron chi connectivity index (χ4n) is 2.64. The molecule has 1 aromatic heterocycles. The number of aryl methyl sites for hydroxylation is 2. The first-order valence-electron chi connectivity index (χ1n) is 7.17. The van der Waals surface area contributed by atoms with Crippen LogP contribution in [-0.4, -0.2) is 10.9 Å². The molecule has 0 aliphatic rings. The van der Waals surface area contributed by atoms with Crippen LogP contribution in [0.15, 0.2) is 46.9 Å². The van der Waals surface area contributed by atoms with Gasteiger partial charge in [0.2, 0.25) is 5.91 Å². The summed E-state index contributed by atoms with van der Waals surface area (Å²) in [5.74, 6) is -0.0163. The van der Waals surface area contributed by atoms with Crippen LogP contribution in [0.25, 0.3) is 10.9 Å². The van der Waals surface area contributed by atoms with Crippen LogP contribution in [0.2, 0.25) is 0 Å². The number of para-hydroxylation sites is 1. The van der Waals surface area contributed by atoms with Gasteiger partial charge in [-0.2, -0.15) is 0 Å². The first-order chi connectivity index (χ1) is 10.5. The van der Waals surface area contributed by atoms with Crippen LogP contribution >= 0.6 is 15.9 Å². The zero-order chi connectivity index (χ0) is 15.7. The van der Waals surface area contributed by atoms with E-state index in [2.05, 4.69) is 51.4 Å². The highest BCUT2D eigenvalue weighted by molar-refractivity contribution is 9.10. The Morgan fingerprint density at radius 3 is 2.73 bits per heavy atom. The summed E-state index contributed by atoms with van der Waals surface area (Å²) in [6.45, 7) is 4.07. The number of anilines is 1. The highest BCUT2D eigenvalue weighted by atomic mass is 79.9. The quantitative estimate of drug-likeness (QED) is 0.699. The van der Waals surface area contributed by atoms with Crippen molar-refractivity contribution >= 4 is 38.4 Å². The zero-order valence-corrected chi connectivity index (χ0v) is 14.1. The SMILES string of the molecule is Cc1ccc2[nH]c(C)c(CC(=O)Nc3ccccc3Br)c2c1. The molecule has 0 aliphatic carbocycles. The van der Waals surface area contributed by atoms with Crippen molar-refractivity contribution in [1.82, 2.24) is 4.98 Å². The minimum atomic E-state index is -0.0163. The van der Waals surface area contributed by atoms with Crippen LogP contribution in [-0.2, 0) is 11.2 Å². The molecule has 0 saturated heterocycles. The van der Waals surface area contributed by atoms with Crippen molar-refractivity contribution in [2.24, 2.45) is 0 Å². The summed E-state index contributed by atoms with van der Waals surface area (Å²) >= 11 is 3.45. The number of hydrogen-bond acceptors (Lipinski definition) is 1. The van der Waals surface area contributed by atoms with Gasteiger partial charge in [-0.25, -0.2) is 0 Å². The minimum Gasteiger partial charge on any atom is -0.358 e. The molecule has 0 spiro atoms. The topological polar surface area (TPSA) is 44.9 Å². The lowest BCUT2D eigenvalue weighted by Crippen LogP contribution is -2.15. The fraction of sp³-hybridized carbons (Fsp3) is 0.167. The number of carbonyl (C=O) groups excluding carboxylic acids is 1. The summed E-state index contributed by atoms with van der Waals surface area (Å²) in [6, 6.07) is 13.9. The molecule has 2 aromatic carbocycles. The van der Waals surface area contributed by atoms with E-state index in [1.54, 1.807) is 0 Å². The van der Waals surface area contributed by atoms with E-state index in [0.717, 1.165) is 32.3 Å². The molecule has 0 bridgehead atoms. The number of benzene rings is 2. The summed E-state index contributed by atoms with van der Waals surface area (Å²) in [7, 11) is 0. The van der Waals surface area contributed by atoms with Crippen molar-refractivity contribution in [2.75, 3.05) is 5.32 Å². The average Bonchev–Trinajstić information content (AvgIpc) is 2.77. The Labute approximate surface area is 137 Å². The molecular formula is C18H17BrN2O. The minimum absolute atomic E-state index is 0.0163. The Balaban J connectivity index is 1.87. The zero-order valence-electron chi connectivity index (χ0n) is 12.5. The van der Waals surface area contributed by atoms with Gasteiger partial charge < -0.3 is 10.3 Å². The molecule has 0 atom stereocenters. The summed E-state index contributed by atoms with van der Waals surface area (Å²) in [5.41, 5.74) is 5.16. The Morgan fingerprint density at radius 2 is 1.95 bits per heavy atom. The summed E-state index contributed by atoms with van der Waals surface area (Å²) in [4.78, 5) is 15.7. The Morgan fingerprint density at radius 1 is 1.18 bits per heavy atom. The number of halogens is 1. The van der Waals surface area contributed by atoms with Crippen molar-refractivity contribution in [1.29, 1.82) is 0 Å². The highest BCUT2D eigenvalue weighted by Gasteiger charge is 2.13. The van der Waals surface area contributed by atoms with Gasteiger partial charge >= 0.3 is 0 Å². The Hall–Kier alpha value is -2.07. The van der Waals surface area contributed by atoms with Gasteiger partial charge in [-0.15, -0.1) is 0 Å². The average molecular weight is 357 g/mol. The molecule has 22 heavy (non-hydrogen) atoms. The largest absolute Gasteiger partial charge is 0.358 e. The molecular weight excluding hydrogens is 340 g/mol. The van der Waals surface area contributed by atoms with E-state index in [1.165, 1.54) is 5.56 Å². The number of nitrogens with one attached hydrogen (secondary N) is 2. The van der Waals surface area contributed by atoms with E-state index < -0.39 is 0 Å². The Bertz CT molecular complexity index is 851. The third kappa shape index (κ3) is 2.92. The van der Waals surface area contributed by atoms with Gasteiger partial charge in [-0.1, -0.05) is 23.8 Å². The molecule has 1 heterocycles. The molecule has 3 rings (SSSR count). The molecule has 2 N–H and O–H groups in total.